The van der Waals surface area contributed by atoms with E-state index in [0.717, 1.165) is 15.3 Å². The summed E-state index contributed by atoms with van der Waals surface area (Å²) in [7, 11) is 1.63. The number of fused-ring (bicyclic) bond motifs is 1. The molecule has 0 saturated carbocycles. The molecule has 0 aliphatic heterocycles. The van der Waals surface area contributed by atoms with E-state index in [1.54, 1.807) is 23.0 Å². The third-order valence-corrected chi connectivity index (χ3v) is 4.25. The monoisotopic (exact) mass is 276 g/mol. The molecule has 0 saturated heterocycles. The van der Waals surface area contributed by atoms with Crippen LogP contribution in [0.4, 0.5) is 0 Å². The Bertz CT molecular complexity index is 707. The normalized spacial score (nSPS) is 10.8. The fraction of sp³-hybridized carbons (Fsp3) is 0.429. The van der Waals surface area contributed by atoms with Crippen molar-refractivity contribution in [2.24, 2.45) is 0 Å². The Morgan fingerprint density at radius 1 is 1.47 bits per heavy atom. The molecule has 0 bridgehead atoms. The smallest absolute Gasteiger partial charge is 0.263 e. The van der Waals surface area contributed by atoms with Gasteiger partial charge in [0.05, 0.1) is 18.5 Å². The summed E-state index contributed by atoms with van der Waals surface area (Å²) in [5, 5.41) is 0.693. The number of hydrogen-bond donors (Lipinski definition) is 0. The molecular weight excluding hydrogens is 260 g/mol. The molecule has 0 N–H and O–H groups in total. The molecule has 2 rings (SSSR count). The van der Waals surface area contributed by atoms with Crippen molar-refractivity contribution in [3.05, 3.63) is 26.6 Å². The van der Waals surface area contributed by atoms with Gasteiger partial charge >= 0.3 is 0 Å². The van der Waals surface area contributed by atoms with Crippen molar-refractivity contribution < 1.29 is 4.74 Å². The topological polar surface area (TPSA) is 44.1 Å². The number of nitrogens with zero attached hydrogens (tertiary/aromatic N) is 2. The van der Waals surface area contributed by atoms with Gasteiger partial charge in [0, 0.05) is 18.4 Å². The average Bonchev–Trinajstić information content (AvgIpc) is 2.66. The van der Waals surface area contributed by atoms with Crippen LogP contribution in [0, 0.1) is 26.2 Å². The lowest BCUT2D eigenvalue weighted by Gasteiger charge is -2.09. The fourth-order valence-electron chi connectivity index (χ4n) is 2.01. The van der Waals surface area contributed by atoms with Crippen molar-refractivity contribution in [2.75, 3.05) is 13.7 Å². The minimum atomic E-state index is -0.0455. The van der Waals surface area contributed by atoms with Crippen LogP contribution >= 0.6 is 11.3 Å². The maximum Gasteiger partial charge on any atom is 0.263 e. The maximum atomic E-state index is 12.5. The molecule has 0 amide bonds. The summed E-state index contributed by atoms with van der Waals surface area (Å²) in [5.41, 5.74) is 0.956. The summed E-state index contributed by atoms with van der Waals surface area (Å²) in [5.74, 6) is 3.21. The Labute approximate surface area is 116 Å². The highest BCUT2D eigenvalue weighted by Crippen LogP contribution is 2.26. The number of aromatic nitrogens is 2. The van der Waals surface area contributed by atoms with Gasteiger partial charge in [-0.25, -0.2) is 4.98 Å². The maximum absolute atomic E-state index is 12.5. The van der Waals surface area contributed by atoms with E-state index >= 15 is 0 Å². The highest BCUT2D eigenvalue weighted by molar-refractivity contribution is 7.18. The lowest BCUT2D eigenvalue weighted by Crippen LogP contribution is -2.25. The van der Waals surface area contributed by atoms with Crippen molar-refractivity contribution in [1.29, 1.82) is 0 Å². The molecule has 2 aromatic heterocycles. The van der Waals surface area contributed by atoms with Gasteiger partial charge in [-0.2, -0.15) is 0 Å². The van der Waals surface area contributed by atoms with Gasteiger partial charge in [-0.15, -0.1) is 17.8 Å². The van der Waals surface area contributed by atoms with Gasteiger partial charge in [-0.1, -0.05) is 5.92 Å². The summed E-state index contributed by atoms with van der Waals surface area (Å²) < 4.78 is 6.63. The Balaban J connectivity index is 2.71. The standard InChI is InChI=1S/C14H16N2O2S/c1-5-7-16-11(6-8-18-4)15-13-12(14(16)17)9(2)10(3)19-13/h1H,6-8H2,2-4H3. The van der Waals surface area contributed by atoms with Crippen LogP contribution in [0.2, 0.25) is 0 Å². The quantitative estimate of drug-likeness (QED) is 0.801. The molecule has 100 valence electrons. The fourth-order valence-corrected chi connectivity index (χ4v) is 3.05. The van der Waals surface area contributed by atoms with E-state index < -0.39 is 0 Å². The van der Waals surface area contributed by atoms with Crippen LogP contribution in [0.3, 0.4) is 0 Å². The number of thiophene rings is 1. The Kier molecular flexibility index (Phi) is 4.03. The molecule has 0 radical (unpaired) electrons. The minimum absolute atomic E-state index is 0.0455. The van der Waals surface area contributed by atoms with E-state index in [-0.39, 0.29) is 12.1 Å². The zero-order valence-corrected chi connectivity index (χ0v) is 12.1. The summed E-state index contributed by atoms with van der Waals surface area (Å²) in [6, 6.07) is 0. The summed E-state index contributed by atoms with van der Waals surface area (Å²) in [6.45, 7) is 4.72. The molecule has 5 heteroatoms. The number of methoxy groups -OCH3 is 1. The van der Waals surface area contributed by atoms with E-state index in [2.05, 4.69) is 10.9 Å². The van der Waals surface area contributed by atoms with Crippen LogP contribution < -0.4 is 5.56 Å². The molecule has 0 aliphatic rings. The lowest BCUT2D eigenvalue weighted by atomic mass is 10.2. The predicted octanol–water partition coefficient (Wildman–Crippen LogP) is 1.90. The molecule has 0 unspecified atom stereocenters. The second kappa shape index (κ2) is 5.55. The van der Waals surface area contributed by atoms with Crippen LogP contribution in [-0.4, -0.2) is 23.3 Å². The Morgan fingerprint density at radius 3 is 2.84 bits per heavy atom. The van der Waals surface area contributed by atoms with E-state index in [9.17, 15) is 4.79 Å². The van der Waals surface area contributed by atoms with Crippen molar-refractivity contribution in [1.82, 2.24) is 9.55 Å². The van der Waals surface area contributed by atoms with Crippen LogP contribution in [0.15, 0.2) is 4.79 Å². The van der Waals surface area contributed by atoms with Crippen molar-refractivity contribution in [3.63, 3.8) is 0 Å². The second-order valence-corrected chi connectivity index (χ2v) is 5.53. The van der Waals surface area contributed by atoms with Gasteiger partial charge in [0.25, 0.3) is 5.56 Å². The first-order chi connectivity index (χ1) is 9.10. The average molecular weight is 276 g/mol. The van der Waals surface area contributed by atoms with Gasteiger partial charge in [0.2, 0.25) is 0 Å². The molecule has 4 nitrogen and oxygen atoms in total. The van der Waals surface area contributed by atoms with Gasteiger partial charge in [0.15, 0.2) is 0 Å². The van der Waals surface area contributed by atoms with Gasteiger partial charge in [-0.05, 0) is 19.4 Å². The van der Waals surface area contributed by atoms with Crippen LogP contribution in [0.5, 0.6) is 0 Å². The molecule has 0 aliphatic carbocycles. The van der Waals surface area contributed by atoms with E-state index in [1.807, 2.05) is 13.8 Å². The van der Waals surface area contributed by atoms with Crippen molar-refractivity contribution in [2.45, 2.75) is 26.8 Å². The molecule has 0 atom stereocenters. The molecule has 19 heavy (non-hydrogen) atoms. The van der Waals surface area contributed by atoms with E-state index in [1.165, 1.54) is 0 Å². The lowest BCUT2D eigenvalue weighted by molar-refractivity contribution is 0.199. The first-order valence-corrected chi connectivity index (χ1v) is 6.83. The third kappa shape index (κ3) is 2.42. The van der Waals surface area contributed by atoms with Crippen molar-refractivity contribution in [3.8, 4) is 12.3 Å². The minimum Gasteiger partial charge on any atom is -0.384 e. The summed E-state index contributed by atoms with van der Waals surface area (Å²) >= 11 is 1.55. The summed E-state index contributed by atoms with van der Waals surface area (Å²) in [6.07, 6.45) is 5.93. The van der Waals surface area contributed by atoms with Gasteiger partial charge < -0.3 is 4.74 Å². The van der Waals surface area contributed by atoms with Crippen molar-refractivity contribution >= 4 is 21.6 Å². The SMILES string of the molecule is C#CCn1c(CCOC)nc2sc(C)c(C)c2c1=O. The second-order valence-electron chi connectivity index (χ2n) is 4.33. The number of ether oxygens (including phenoxy) is 1. The van der Waals surface area contributed by atoms with Crippen LogP contribution in [0.1, 0.15) is 16.3 Å². The first kappa shape index (κ1) is 13.8. The van der Waals surface area contributed by atoms with Crippen LogP contribution in [0.25, 0.3) is 10.2 Å². The molecule has 0 aromatic carbocycles. The highest BCUT2D eigenvalue weighted by Gasteiger charge is 2.15. The van der Waals surface area contributed by atoms with Gasteiger partial charge in [-0.3, -0.25) is 9.36 Å². The third-order valence-electron chi connectivity index (χ3n) is 3.15. The number of rotatable bonds is 4. The highest BCUT2D eigenvalue weighted by atomic mass is 32.1. The molecule has 2 aromatic rings. The number of aryl methyl sites for hydroxylation is 2. The van der Waals surface area contributed by atoms with E-state index in [0.29, 0.717) is 24.2 Å². The van der Waals surface area contributed by atoms with Crippen LogP contribution in [-0.2, 0) is 17.7 Å². The molecule has 0 spiro atoms. The molecule has 0 fully saturated rings. The number of terminal acetylenes is 1. The zero-order valence-electron chi connectivity index (χ0n) is 11.3. The van der Waals surface area contributed by atoms with Gasteiger partial charge in [0.1, 0.15) is 10.7 Å². The Morgan fingerprint density at radius 2 is 2.21 bits per heavy atom. The first-order valence-electron chi connectivity index (χ1n) is 6.02. The zero-order chi connectivity index (χ0) is 14.0. The predicted molar refractivity (Wildman–Crippen MR) is 77.8 cm³/mol. The summed E-state index contributed by atoms with van der Waals surface area (Å²) in [4.78, 5) is 19.0. The molecular formula is C14H16N2O2S. The largest absolute Gasteiger partial charge is 0.384 e. The Hall–Kier alpha value is -1.64. The van der Waals surface area contributed by atoms with E-state index in [4.69, 9.17) is 11.2 Å². The number of hydrogen-bond acceptors (Lipinski definition) is 4. The molecule has 2 heterocycles.